The summed E-state index contributed by atoms with van der Waals surface area (Å²) in [6.07, 6.45) is 0.344. The molecule has 0 unspecified atom stereocenters. The molecule has 0 radical (unpaired) electrons. The highest BCUT2D eigenvalue weighted by molar-refractivity contribution is 7.86. The van der Waals surface area contributed by atoms with Crippen molar-refractivity contribution in [1.82, 2.24) is 0 Å². The highest BCUT2D eigenvalue weighted by Crippen LogP contribution is 2.40. The fourth-order valence-electron chi connectivity index (χ4n) is 2.64. The lowest BCUT2D eigenvalue weighted by Crippen LogP contribution is -2.11. The van der Waals surface area contributed by atoms with Gasteiger partial charge in [-0.1, -0.05) is 30.3 Å². The summed E-state index contributed by atoms with van der Waals surface area (Å²) in [4.78, 5) is 10.8. The number of carboxylic acid groups (broad SMARTS) is 1. The minimum absolute atomic E-state index is 0.344. The molecular weight excluding hydrogens is 280 g/mol. The van der Waals surface area contributed by atoms with Crippen molar-refractivity contribution in [3.8, 4) is 11.1 Å². The average molecular weight is 290 g/mol. The molecule has 0 saturated heterocycles. The molecule has 0 aliphatic heterocycles. The molecule has 3 rings (SSSR count). The summed E-state index contributed by atoms with van der Waals surface area (Å²) in [5, 5.41) is 9.30. The van der Waals surface area contributed by atoms with Crippen LogP contribution >= 0.6 is 0 Å². The number of aromatic carboxylic acids is 1. The van der Waals surface area contributed by atoms with E-state index in [4.69, 9.17) is 0 Å². The average Bonchev–Trinajstić information content (AvgIpc) is 2.74. The fourth-order valence-corrected chi connectivity index (χ4v) is 3.35. The second-order valence-corrected chi connectivity index (χ2v) is 5.97. The van der Waals surface area contributed by atoms with E-state index in [1.165, 1.54) is 6.07 Å². The predicted octanol–water partition coefficient (Wildman–Crippen LogP) is 2.20. The van der Waals surface area contributed by atoms with Crippen LogP contribution in [0.1, 0.15) is 21.5 Å². The zero-order valence-electron chi connectivity index (χ0n) is 10.2. The molecule has 0 heterocycles. The van der Waals surface area contributed by atoms with Crippen molar-refractivity contribution in [3.63, 3.8) is 0 Å². The number of benzene rings is 2. The van der Waals surface area contributed by atoms with Crippen LogP contribution in [0.4, 0.5) is 0 Å². The smallest absolute Gasteiger partial charge is 0.337 e. The van der Waals surface area contributed by atoms with Crippen LogP contribution < -0.4 is 0 Å². The summed E-state index contributed by atoms with van der Waals surface area (Å²) in [7, 11) is -4.57. The van der Waals surface area contributed by atoms with E-state index in [-0.39, 0.29) is 5.56 Å². The number of hydrogen-bond donors (Lipinski definition) is 2. The van der Waals surface area contributed by atoms with Gasteiger partial charge in [-0.25, -0.2) is 4.79 Å². The predicted molar refractivity (Wildman–Crippen MR) is 71.5 cm³/mol. The van der Waals surface area contributed by atoms with E-state index in [2.05, 4.69) is 0 Å². The molecule has 2 N–H and O–H groups in total. The first-order chi connectivity index (χ1) is 9.39. The Kier molecular flexibility index (Phi) is 2.67. The van der Waals surface area contributed by atoms with Crippen molar-refractivity contribution in [1.29, 1.82) is 0 Å². The van der Waals surface area contributed by atoms with Crippen LogP contribution in [0.15, 0.2) is 41.3 Å². The van der Waals surface area contributed by atoms with Crippen molar-refractivity contribution in [2.45, 2.75) is 11.3 Å². The van der Waals surface area contributed by atoms with E-state index in [0.29, 0.717) is 17.5 Å². The van der Waals surface area contributed by atoms with E-state index in [1.807, 2.05) is 24.3 Å². The van der Waals surface area contributed by atoms with Crippen molar-refractivity contribution >= 4 is 16.1 Å². The van der Waals surface area contributed by atoms with E-state index in [1.54, 1.807) is 0 Å². The molecule has 0 spiro atoms. The van der Waals surface area contributed by atoms with Gasteiger partial charge in [-0.3, -0.25) is 4.55 Å². The Balaban J connectivity index is 2.35. The third kappa shape index (κ3) is 1.81. The first kappa shape index (κ1) is 12.8. The fraction of sp³-hybridized carbons (Fsp3) is 0.0714. The normalized spacial score (nSPS) is 12.8. The molecule has 102 valence electrons. The summed E-state index contributed by atoms with van der Waals surface area (Å²) in [6.45, 7) is 0. The van der Waals surface area contributed by atoms with Gasteiger partial charge in [-0.2, -0.15) is 8.42 Å². The first-order valence-electron chi connectivity index (χ1n) is 5.84. The third-order valence-corrected chi connectivity index (χ3v) is 4.34. The minimum atomic E-state index is -4.57. The lowest BCUT2D eigenvalue weighted by atomic mass is 10.0. The van der Waals surface area contributed by atoms with Gasteiger partial charge < -0.3 is 5.11 Å². The highest BCUT2D eigenvalue weighted by Gasteiger charge is 2.29. The Morgan fingerprint density at radius 2 is 1.75 bits per heavy atom. The van der Waals surface area contributed by atoms with E-state index in [0.717, 1.165) is 17.2 Å². The van der Waals surface area contributed by atoms with E-state index < -0.39 is 21.0 Å². The molecule has 1 aliphatic carbocycles. The maximum Gasteiger partial charge on any atom is 0.337 e. The summed E-state index contributed by atoms with van der Waals surface area (Å²) in [5.41, 5.74) is 2.62. The molecule has 6 heteroatoms. The molecule has 0 saturated carbocycles. The van der Waals surface area contributed by atoms with Crippen LogP contribution in [0.2, 0.25) is 0 Å². The molecule has 2 aromatic rings. The molecule has 0 amide bonds. The second-order valence-electron chi connectivity index (χ2n) is 4.58. The summed E-state index contributed by atoms with van der Waals surface area (Å²) >= 11 is 0. The monoisotopic (exact) mass is 290 g/mol. The lowest BCUT2D eigenvalue weighted by molar-refractivity contribution is 0.0691. The summed E-state index contributed by atoms with van der Waals surface area (Å²) in [5.74, 6) is -1.36. The van der Waals surface area contributed by atoms with Crippen LogP contribution in [0.25, 0.3) is 11.1 Å². The topological polar surface area (TPSA) is 91.7 Å². The molecule has 0 atom stereocenters. The quantitative estimate of drug-likeness (QED) is 0.706. The van der Waals surface area contributed by atoms with Gasteiger partial charge >= 0.3 is 5.97 Å². The maximum atomic E-state index is 11.4. The van der Waals surface area contributed by atoms with Crippen molar-refractivity contribution < 1.29 is 22.9 Å². The number of fused-ring (bicyclic) bond motifs is 3. The molecule has 1 aliphatic rings. The van der Waals surface area contributed by atoms with E-state index >= 15 is 0 Å². The number of carbonyl (C=O) groups is 1. The van der Waals surface area contributed by atoms with Crippen molar-refractivity contribution in [2.24, 2.45) is 0 Å². The second kappa shape index (κ2) is 4.16. The van der Waals surface area contributed by atoms with Gasteiger partial charge in [0.1, 0.15) is 4.90 Å². The van der Waals surface area contributed by atoms with Crippen LogP contribution in [0, 0.1) is 0 Å². The summed E-state index contributed by atoms with van der Waals surface area (Å²) in [6, 6.07) is 10.1. The maximum absolute atomic E-state index is 11.4. The van der Waals surface area contributed by atoms with E-state index in [9.17, 15) is 22.9 Å². The standard InChI is InChI=1S/C14H10O5S/c15-14(16)13-11-7-8-3-1-2-4-9(8)10(11)5-6-12(13)20(17,18)19/h1-6H,7H2,(H,15,16)(H,17,18,19). The zero-order chi connectivity index (χ0) is 14.5. The Bertz CT molecular complexity index is 837. The SMILES string of the molecule is O=C(O)c1c(S(=O)(=O)O)ccc2c1Cc1ccccc1-2. The van der Waals surface area contributed by atoms with Gasteiger partial charge in [0.2, 0.25) is 0 Å². The number of rotatable bonds is 2. The molecule has 0 bridgehead atoms. The zero-order valence-corrected chi connectivity index (χ0v) is 11.0. The van der Waals surface area contributed by atoms with Crippen LogP contribution in [-0.2, 0) is 16.5 Å². The molecule has 0 aromatic heterocycles. The third-order valence-electron chi connectivity index (χ3n) is 3.44. The first-order valence-corrected chi connectivity index (χ1v) is 7.28. The minimum Gasteiger partial charge on any atom is -0.478 e. The van der Waals surface area contributed by atoms with Crippen LogP contribution in [0.3, 0.4) is 0 Å². The molecule has 5 nitrogen and oxygen atoms in total. The Hall–Kier alpha value is -2.18. The Morgan fingerprint density at radius 3 is 2.40 bits per heavy atom. The van der Waals surface area contributed by atoms with Crippen LogP contribution in [-0.4, -0.2) is 24.0 Å². The molecule has 20 heavy (non-hydrogen) atoms. The van der Waals surface area contributed by atoms with Gasteiger partial charge in [0.25, 0.3) is 10.1 Å². The number of carboxylic acids is 1. The van der Waals surface area contributed by atoms with Crippen molar-refractivity contribution in [2.75, 3.05) is 0 Å². The molecule has 0 fully saturated rings. The van der Waals surface area contributed by atoms with Crippen molar-refractivity contribution in [3.05, 3.63) is 53.1 Å². The van der Waals surface area contributed by atoms with Gasteiger partial charge in [-0.15, -0.1) is 0 Å². The lowest BCUT2D eigenvalue weighted by Gasteiger charge is -2.09. The highest BCUT2D eigenvalue weighted by atomic mass is 32.2. The summed E-state index contributed by atoms with van der Waals surface area (Å²) < 4.78 is 31.8. The largest absolute Gasteiger partial charge is 0.478 e. The molecule has 2 aromatic carbocycles. The van der Waals surface area contributed by atoms with Crippen LogP contribution in [0.5, 0.6) is 0 Å². The molecular formula is C14H10O5S. The van der Waals surface area contributed by atoms with Gasteiger partial charge in [0, 0.05) is 0 Å². The number of hydrogen-bond acceptors (Lipinski definition) is 3. The van der Waals surface area contributed by atoms with Gasteiger partial charge in [0.05, 0.1) is 5.56 Å². The Morgan fingerprint density at radius 1 is 1.05 bits per heavy atom. The van der Waals surface area contributed by atoms with Gasteiger partial charge in [0.15, 0.2) is 0 Å². The van der Waals surface area contributed by atoms with Gasteiger partial charge in [-0.05, 0) is 34.7 Å². The Labute approximate surface area is 115 Å².